The Kier molecular flexibility index (Phi) is 5.42. The summed E-state index contributed by atoms with van der Waals surface area (Å²) >= 11 is 0. The van der Waals surface area contributed by atoms with Crippen LogP contribution in [0.4, 0.5) is 5.69 Å². The van der Waals surface area contributed by atoms with Crippen LogP contribution in [0.1, 0.15) is 44.6 Å². The number of nitrogens with zero attached hydrogens (tertiary/aromatic N) is 2. The molecule has 2 heterocycles. The summed E-state index contributed by atoms with van der Waals surface area (Å²) in [6.45, 7) is 6.43. The maximum atomic E-state index is 12.8. The summed E-state index contributed by atoms with van der Waals surface area (Å²) in [5.41, 5.74) is 2.16. The Morgan fingerprint density at radius 2 is 1.72 bits per heavy atom. The molecule has 2 amide bonds. The van der Waals surface area contributed by atoms with Crippen LogP contribution in [0.2, 0.25) is 0 Å². The summed E-state index contributed by atoms with van der Waals surface area (Å²) in [4.78, 5) is 29.2. The predicted molar refractivity (Wildman–Crippen MR) is 99.7 cm³/mol. The molecule has 2 fully saturated rings. The van der Waals surface area contributed by atoms with Crippen LogP contribution in [0.3, 0.4) is 0 Å². The van der Waals surface area contributed by atoms with Crippen LogP contribution in [0.25, 0.3) is 0 Å². The van der Waals surface area contributed by atoms with Crippen LogP contribution in [0.5, 0.6) is 0 Å². The number of hydrogen-bond donors (Lipinski definition) is 1. The van der Waals surface area contributed by atoms with E-state index in [1.807, 2.05) is 24.1 Å². The number of rotatable bonds is 4. The molecule has 5 heteroatoms. The molecule has 1 N–H and O–H groups in total. The van der Waals surface area contributed by atoms with Gasteiger partial charge < -0.3 is 15.1 Å². The van der Waals surface area contributed by atoms with E-state index < -0.39 is 5.92 Å². The van der Waals surface area contributed by atoms with Crippen LogP contribution >= 0.6 is 0 Å². The van der Waals surface area contributed by atoms with Crippen molar-refractivity contribution >= 4 is 17.5 Å². The van der Waals surface area contributed by atoms with E-state index in [0.717, 1.165) is 31.6 Å². The number of hydrogen-bond acceptors (Lipinski definition) is 3. The molecule has 0 saturated carbocycles. The predicted octanol–water partition coefficient (Wildman–Crippen LogP) is 2.37. The third-order valence-electron chi connectivity index (χ3n) is 5.59. The average Bonchev–Trinajstić information content (AvgIpc) is 3.02. The number of nitrogens with one attached hydrogen (secondary N) is 1. The number of amides is 2. The number of piperidine rings is 1. The molecule has 0 radical (unpaired) electrons. The second-order valence-corrected chi connectivity index (χ2v) is 7.47. The summed E-state index contributed by atoms with van der Waals surface area (Å²) in [5, 5.41) is 3.27. The van der Waals surface area contributed by atoms with E-state index in [1.165, 1.54) is 5.56 Å². The van der Waals surface area contributed by atoms with Crippen molar-refractivity contribution in [2.45, 2.75) is 45.1 Å². The van der Waals surface area contributed by atoms with Gasteiger partial charge in [-0.15, -0.1) is 0 Å². The Bertz CT molecular complexity index is 618. The van der Waals surface area contributed by atoms with E-state index in [0.29, 0.717) is 24.9 Å². The van der Waals surface area contributed by atoms with Crippen LogP contribution in [-0.4, -0.2) is 49.4 Å². The number of carbonyl (C=O) groups is 2. The van der Waals surface area contributed by atoms with Crippen molar-refractivity contribution < 1.29 is 9.59 Å². The summed E-state index contributed by atoms with van der Waals surface area (Å²) in [6.07, 6.45) is 2.54. The van der Waals surface area contributed by atoms with Crippen molar-refractivity contribution in [3.63, 3.8) is 0 Å². The largest absolute Gasteiger partial charge is 0.342 e. The van der Waals surface area contributed by atoms with Gasteiger partial charge in [0.15, 0.2) is 0 Å². The monoisotopic (exact) mass is 343 g/mol. The van der Waals surface area contributed by atoms with Crippen molar-refractivity contribution in [1.82, 2.24) is 10.2 Å². The average molecular weight is 343 g/mol. The number of benzene rings is 1. The second-order valence-electron chi connectivity index (χ2n) is 7.47. The van der Waals surface area contributed by atoms with E-state index in [1.54, 1.807) is 4.90 Å². The molecule has 3 rings (SSSR count). The fourth-order valence-corrected chi connectivity index (χ4v) is 3.81. The SMILES string of the molecule is CNC1CCN(C(=O)C2CCN(c3ccc(C(C)C)cc3)C2=O)CC1. The first-order chi connectivity index (χ1) is 12.0. The summed E-state index contributed by atoms with van der Waals surface area (Å²) in [5.74, 6) is -0.0620. The van der Waals surface area contributed by atoms with E-state index in [4.69, 9.17) is 0 Å². The highest BCUT2D eigenvalue weighted by Crippen LogP contribution is 2.28. The van der Waals surface area contributed by atoms with E-state index in [2.05, 4.69) is 31.3 Å². The van der Waals surface area contributed by atoms with Gasteiger partial charge in [-0.3, -0.25) is 9.59 Å². The zero-order valence-corrected chi connectivity index (χ0v) is 15.5. The smallest absolute Gasteiger partial charge is 0.239 e. The molecule has 1 atom stereocenters. The molecule has 2 aliphatic rings. The molecule has 25 heavy (non-hydrogen) atoms. The van der Waals surface area contributed by atoms with E-state index >= 15 is 0 Å². The lowest BCUT2D eigenvalue weighted by Gasteiger charge is -2.33. The first-order valence-corrected chi connectivity index (χ1v) is 9.38. The Labute approximate surface area is 150 Å². The Balaban J connectivity index is 1.64. The van der Waals surface area contributed by atoms with Crippen LogP contribution < -0.4 is 10.2 Å². The van der Waals surface area contributed by atoms with Crippen molar-refractivity contribution in [2.24, 2.45) is 5.92 Å². The molecule has 2 saturated heterocycles. The lowest BCUT2D eigenvalue weighted by Crippen LogP contribution is -2.47. The maximum absolute atomic E-state index is 12.8. The molecule has 0 spiro atoms. The van der Waals surface area contributed by atoms with Gasteiger partial charge in [0.05, 0.1) is 0 Å². The topological polar surface area (TPSA) is 52.7 Å². The number of anilines is 1. The zero-order valence-electron chi connectivity index (χ0n) is 15.5. The Morgan fingerprint density at radius 3 is 2.28 bits per heavy atom. The lowest BCUT2D eigenvalue weighted by atomic mass is 10.0. The van der Waals surface area contributed by atoms with Crippen LogP contribution in [0.15, 0.2) is 24.3 Å². The number of carbonyl (C=O) groups excluding carboxylic acids is 2. The Morgan fingerprint density at radius 1 is 1.08 bits per heavy atom. The molecule has 1 aromatic carbocycles. The van der Waals surface area contributed by atoms with Crippen molar-refractivity contribution in [3.05, 3.63) is 29.8 Å². The highest BCUT2D eigenvalue weighted by molar-refractivity contribution is 6.09. The fraction of sp³-hybridized carbons (Fsp3) is 0.600. The second kappa shape index (κ2) is 7.56. The molecule has 136 valence electrons. The van der Waals surface area contributed by atoms with Crippen molar-refractivity contribution in [3.8, 4) is 0 Å². The highest BCUT2D eigenvalue weighted by atomic mass is 16.2. The van der Waals surface area contributed by atoms with Gasteiger partial charge in [0, 0.05) is 31.4 Å². The van der Waals surface area contributed by atoms with Gasteiger partial charge >= 0.3 is 0 Å². The zero-order chi connectivity index (χ0) is 18.0. The minimum atomic E-state index is -0.504. The highest BCUT2D eigenvalue weighted by Gasteiger charge is 2.40. The van der Waals surface area contributed by atoms with Gasteiger partial charge in [0.25, 0.3) is 0 Å². The molecule has 0 aliphatic carbocycles. The standard InChI is InChI=1S/C20H29N3O2/c1-14(2)15-4-6-17(7-5-15)23-13-10-18(20(23)25)19(24)22-11-8-16(21-3)9-12-22/h4-7,14,16,18,21H,8-13H2,1-3H3. The fourth-order valence-electron chi connectivity index (χ4n) is 3.81. The van der Waals surface area contributed by atoms with Gasteiger partial charge in [-0.25, -0.2) is 0 Å². The molecule has 1 unspecified atom stereocenters. The summed E-state index contributed by atoms with van der Waals surface area (Å²) < 4.78 is 0. The Hall–Kier alpha value is -1.88. The van der Waals surface area contributed by atoms with Crippen LogP contribution in [0, 0.1) is 5.92 Å². The van der Waals surface area contributed by atoms with Gasteiger partial charge in [-0.1, -0.05) is 26.0 Å². The minimum absolute atomic E-state index is 0.0147. The molecule has 5 nitrogen and oxygen atoms in total. The maximum Gasteiger partial charge on any atom is 0.239 e. The molecular weight excluding hydrogens is 314 g/mol. The first kappa shape index (κ1) is 17.9. The minimum Gasteiger partial charge on any atom is -0.342 e. The quantitative estimate of drug-likeness (QED) is 0.854. The molecule has 1 aromatic rings. The van der Waals surface area contributed by atoms with Gasteiger partial charge in [0.1, 0.15) is 5.92 Å². The molecule has 0 aromatic heterocycles. The molecular formula is C20H29N3O2. The van der Waals surface area contributed by atoms with Gasteiger partial charge in [0.2, 0.25) is 11.8 Å². The lowest BCUT2D eigenvalue weighted by molar-refractivity contribution is -0.140. The summed E-state index contributed by atoms with van der Waals surface area (Å²) in [6, 6.07) is 8.63. The van der Waals surface area contributed by atoms with Crippen molar-refractivity contribution in [1.29, 1.82) is 0 Å². The molecule has 2 aliphatic heterocycles. The number of likely N-dealkylation sites (tertiary alicyclic amines) is 1. The van der Waals surface area contributed by atoms with Crippen LogP contribution in [-0.2, 0) is 9.59 Å². The first-order valence-electron chi connectivity index (χ1n) is 9.38. The third kappa shape index (κ3) is 3.71. The van der Waals surface area contributed by atoms with E-state index in [-0.39, 0.29) is 11.8 Å². The normalized spacial score (nSPS) is 22.1. The van der Waals surface area contributed by atoms with Gasteiger partial charge in [-0.2, -0.15) is 0 Å². The molecule has 0 bridgehead atoms. The van der Waals surface area contributed by atoms with E-state index in [9.17, 15) is 9.59 Å². The van der Waals surface area contributed by atoms with Gasteiger partial charge in [-0.05, 0) is 49.9 Å². The third-order valence-corrected chi connectivity index (χ3v) is 5.59. The van der Waals surface area contributed by atoms with Crippen molar-refractivity contribution in [2.75, 3.05) is 31.6 Å². The summed E-state index contributed by atoms with van der Waals surface area (Å²) in [7, 11) is 1.96.